The molecule has 3 aromatic rings. The van der Waals surface area contributed by atoms with Gasteiger partial charge in [-0.15, -0.1) is 0 Å². The molecular weight excluding hydrogens is 408 g/mol. The number of hydrogen-bond acceptors (Lipinski definition) is 3. The number of phenols is 1. The van der Waals surface area contributed by atoms with Gasteiger partial charge in [0.15, 0.2) is 0 Å². The predicted octanol–water partition coefficient (Wildman–Crippen LogP) is 5.22. The van der Waals surface area contributed by atoms with Crippen LogP contribution in [0.2, 0.25) is 0 Å². The molecule has 0 spiro atoms. The van der Waals surface area contributed by atoms with Crippen LogP contribution in [0.5, 0.6) is 11.5 Å². The van der Waals surface area contributed by atoms with Gasteiger partial charge in [0.25, 0.3) is 0 Å². The van der Waals surface area contributed by atoms with E-state index >= 15 is 0 Å². The lowest BCUT2D eigenvalue weighted by Crippen LogP contribution is -2.02. The highest BCUT2D eigenvalue weighted by molar-refractivity contribution is 9.10. The lowest BCUT2D eigenvalue weighted by Gasteiger charge is -2.14. The van der Waals surface area contributed by atoms with E-state index in [0.29, 0.717) is 5.56 Å². The van der Waals surface area contributed by atoms with Crippen LogP contribution in [0, 0.1) is 0 Å². The lowest BCUT2D eigenvalue weighted by molar-refractivity contribution is 0.0693. The Morgan fingerprint density at radius 1 is 0.926 bits per heavy atom. The van der Waals surface area contributed by atoms with Crippen molar-refractivity contribution in [3.05, 3.63) is 93.5 Å². The van der Waals surface area contributed by atoms with Crippen LogP contribution in [0.25, 0.3) is 0 Å². The highest BCUT2D eigenvalue weighted by Gasteiger charge is 2.12. The van der Waals surface area contributed by atoms with Crippen LogP contribution in [0.3, 0.4) is 0 Å². The molecule has 0 aliphatic rings. The molecule has 4 nitrogen and oxygen atoms in total. The summed E-state index contributed by atoms with van der Waals surface area (Å²) in [7, 11) is 0. The van der Waals surface area contributed by atoms with E-state index in [2.05, 4.69) is 28.1 Å². The van der Waals surface area contributed by atoms with Crippen molar-refractivity contribution in [2.45, 2.75) is 19.4 Å². The molecule has 2 N–H and O–H groups in total. The molecule has 0 saturated heterocycles. The topological polar surface area (TPSA) is 66.8 Å². The highest BCUT2D eigenvalue weighted by Crippen LogP contribution is 2.31. The minimum atomic E-state index is -1.16. The maximum Gasteiger partial charge on any atom is 0.339 e. The number of para-hydroxylation sites is 1. The minimum Gasteiger partial charge on any atom is -0.507 e. The van der Waals surface area contributed by atoms with Crippen molar-refractivity contribution in [3.63, 3.8) is 0 Å². The number of rotatable bonds is 7. The number of ether oxygens (including phenoxy) is 1. The first-order chi connectivity index (χ1) is 13.0. The van der Waals surface area contributed by atoms with E-state index < -0.39 is 5.97 Å². The maximum atomic E-state index is 11.0. The summed E-state index contributed by atoms with van der Waals surface area (Å²) >= 11 is 3.54. The van der Waals surface area contributed by atoms with Crippen LogP contribution >= 0.6 is 15.9 Å². The molecule has 0 aromatic heterocycles. The first kappa shape index (κ1) is 19.0. The Balaban J connectivity index is 1.73. The third-order valence-electron chi connectivity index (χ3n) is 4.25. The molecule has 0 aliphatic carbocycles. The van der Waals surface area contributed by atoms with E-state index in [0.717, 1.165) is 28.6 Å². The zero-order chi connectivity index (χ0) is 19.2. The number of aromatic carboxylic acids is 1. The van der Waals surface area contributed by atoms with Gasteiger partial charge in [-0.25, -0.2) is 4.79 Å². The molecule has 138 valence electrons. The van der Waals surface area contributed by atoms with Gasteiger partial charge in [0, 0.05) is 0 Å². The SMILES string of the molecule is O=C(O)c1ccc(COc2c(Br)cccc2CCc2ccccc2)cc1O. The lowest BCUT2D eigenvalue weighted by atomic mass is 10.0. The van der Waals surface area contributed by atoms with E-state index in [9.17, 15) is 9.90 Å². The smallest absolute Gasteiger partial charge is 0.339 e. The molecule has 3 aromatic carbocycles. The number of carboxylic acids is 1. The van der Waals surface area contributed by atoms with E-state index in [1.54, 1.807) is 6.07 Å². The molecule has 0 heterocycles. The standard InChI is InChI=1S/C22H19BrO4/c23-19-8-4-7-17(11-9-15-5-2-1-3-6-15)21(19)27-14-16-10-12-18(22(25)26)20(24)13-16/h1-8,10,12-13,24H,9,11,14H2,(H,25,26). The zero-order valence-electron chi connectivity index (χ0n) is 14.6. The van der Waals surface area contributed by atoms with Gasteiger partial charge in [-0.3, -0.25) is 0 Å². The van der Waals surface area contributed by atoms with Crippen LogP contribution in [-0.2, 0) is 19.4 Å². The van der Waals surface area contributed by atoms with Gasteiger partial charge < -0.3 is 14.9 Å². The van der Waals surface area contributed by atoms with Crippen LogP contribution in [0.1, 0.15) is 27.0 Å². The zero-order valence-corrected chi connectivity index (χ0v) is 16.1. The molecule has 0 atom stereocenters. The second-order valence-electron chi connectivity index (χ2n) is 6.16. The van der Waals surface area contributed by atoms with Crippen molar-refractivity contribution in [1.82, 2.24) is 0 Å². The molecule has 27 heavy (non-hydrogen) atoms. The predicted molar refractivity (Wildman–Crippen MR) is 107 cm³/mol. The van der Waals surface area contributed by atoms with E-state index in [-0.39, 0.29) is 17.9 Å². The summed E-state index contributed by atoms with van der Waals surface area (Å²) < 4.78 is 6.85. The van der Waals surface area contributed by atoms with Crippen molar-refractivity contribution < 1.29 is 19.7 Å². The summed E-state index contributed by atoms with van der Waals surface area (Å²) in [5, 5.41) is 18.8. The van der Waals surface area contributed by atoms with Gasteiger partial charge in [-0.2, -0.15) is 0 Å². The average molecular weight is 427 g/mol. The first-order valence-electron chi connectivity index (χ1n) is 8.54. The van der Waals surface area contributed by atoms with Gasteiger partial charge in [-0.1, -0.05) is 48.5 Å². The second-order valence-corrected chi connectivity index (χ2v) is 7.01. The molecule has 5 heteroatoms. The Bertz CT molecular complexity index is 938. The van der Waals surface area contributed by atoms with Crippen molar-refractivity contribution in [1.29, 1.82) is 0 Å². The molecule has 0 aliphatic heterocycles. The van der Waals surface area contributed by atoms with Crippen LogP contribution in [-0.4, -0.2) is 16.2 Å². The van der Waals surface area contributed by atoms with Crippen molar-refractivity contribution in [3.8, 4) is 11.5 Å². The summed E-state index contributed by atoms with van der Waals surface area (Å²) in [5.41, 5.74) is 2.92. The Morgan fingerprint density at radius 3 is 2.41 bits per heavy atom. The molecule has 0 saturated carbocycles. The Labute approximate surface area is 166 Å². The van der Waals surface area contributed by atoms with Crippen LogP contribution < -0.4 is 4.74 Å². The number of hydrogen-bond donors (Lipinski definition) is 2. The molecule has 0 unspecified atom stereocenters. The normalized spacial score (nSPS) is 10.6. The average Bonchev–Trinajstić information content (AvgIpc) is 2.66. The molecule has 0 bridgehead atoms. The summed E-state index contributed by atoms with van der Waals surface area (Å²) in [5.74, 6) is -0.663. The second kappa shape index (κ2) is 8.73. The largest absolute Gasteiger partial charge is 0.507 e. The number of carboxylic acid groups (broad SMARTS) is 1. The number of aromatic hydroxyl groups is 1. The maximum absolute atomic E-state index is 11.0. The van der Waals surface area contributed by atoms with Crippen LogP contribution in [0.4, 0.5) is 0 Å². The molecule has 3 rings (SSSR count). The number of halogens is 1. The van der Waals surface area contributed by atoms with Gasteiger partial charge >= 0.3 is 5.97 Å². The minimum absolute atomic E-state index is 0.122. The van der Waals surface area contributed by atoms with E-state index in [1.165, 1.54) is 17.7 Å². The van der Waals surface area contributed by atoms with Crippen LogP contribution in [0.15, 0.2) is 71.2 Å². The monoisotopic (exact) mass is 426 g/mol. The number of aryl methyl sites for hydroxylation is 2. The first-order valence-corrected chi connectivity index (χ1v) is 9.33. The molecule has 0 radical (unpaired) electrons. The Hall–Kier alpha value is -2.79. The van der Waals surface area contributed by atoms with Gasteiger partial charge in [0.2, 0.25) is 0 Å². The van der Waals surface area contributed by atoms with Crippen molar-refractivity contribution >= 4 is 21.9 Å². The summed E-state index contributed by atoms with van der Waals surface area (Å²) in [6.45, 7) is 0.231. The van der Waals surface area contributed by atoms with Crippen molar-refractivity contribution in [2.24, 2.45) is 0 Å². The summed E-state index contributed by atoms with van der Waals surface area (Å²) in [6.07, 6.45) is 1.74. The van der Waals surface area contributed by atoms with E-state index in [4.69, 9.17) is 9.84 Å². The molecular formula is C22H19BrO4. The number of carbonyl (C=O) groups is 1. The molecule has 0 fully saturated rings. The van der Waals surface area contributed by atoms with Gasteiger partial charge in [-0.05, 0) is 63.7 Å². The third-order valence-corrected chi connectivity index (χ3v) is 4.87. The highest BCUT2D eigenvalue weighted by atomic mass is 79.9. The number of benzene rings is 3. The summed E-state index contributed by atoms with van der Waals surface area (Å²) in [4.78, 5) is 11.0. The Kier molecular flexibility index (Phi) is 6.14. The Morgan fingerprint density at radius 2 is 1.70 bits per heavy atom. The quantitative estimate of drug-likeness (QED) is 0.543. The third kappa shape index (κ3) is 4.89. The fourth-order valence-corrected chi connectivity index (χ4v) is 3.36. The van der Waals surface area contributed by atoms with E-state index in [1.807, 2.05) is 36.4 Å². The fourth-order valence-electron chi connectivity index (χ4n) is 2.84. The van der Waals surface area contributed by atoms with Crippen molar-refractivity contribution in [2.75, 3.05) is 0 Å². The fraction of sp³-hybridized carbons (Fsp3) is 0.136. The summed E-state index contributed by atoms with van der Waals surface area (Å²) in [6, 6.07) is 20.6. The van der Waals surface area contributed by atoms with Gasteiger partial charge in [0.1, 0.15) is 23.7 Å². The van der Waals surface area contributed by atoms with Gasteiger partial charge in [0.05, 0.1) is 4.47 Å². The molecule has 0 amide bonds.